The molecule has 2 amide bonds. The van der Waals surface area contributed by atoms with Crippen molar-refractivity contribution in [3.8, 4) is 5.75 Å². The summed E-state index contributed by atoms with van der Waals surface area (Å²) in [6.07, 6.45) is 3.86. The zero-order valence-corrected chi connectivity index (χ0v) is 15.4. The van der Waals surface area contributed by atoms with Crippen LogP contribution >= 0.6 is 0 Å². The summed E-state index contributed by atoms with van der Waals surface area (Å²) in [6.45, 7) is 2.38. The average Bonchev–Trinajstić information content (AvgIpc) is 2.57. The van der Waals surface area contributed by atoms with E-state index in [0.29, 0.717) is 12.3 Å². The fourth-order valence-corrected chi connectivity index (χ4v) is 3.12. The van der Waals surface area contributed by atoms with Crippen LogP contribution in [0.3, 0.4) is 0 Å². The van der Waals surface area contributed by atoms with E-state index >= 15 is 0 Å². The Bertz CT molecular complexity index is 614. The van der Waals surface area contributed by atoms with Gasteiger partial charge in [-0.2, -0.15) is 0 Å². The number of hydrogen-bond acceptors (Lipinski definition) is 4. The molecule has 0 radical (unpaired) electrons. The number of amides is 2. The summed E-state index contributed by atoms with van der Waals surface area (Å²) in [6, 6.07) is 7.41. The quantitative estimate of drug-likeness (QED) is 0.820. The Morgan fingerprint density at radius 2 is 2.12 bits per heavy atom. The molecule has 138 valence electrons. The van der Waals surface area contributed by atoms with Crippen LogP contribution in [-0.4, -0.2) is 43.0 Å². The van der Waals surface area contributed by atoms with Crippen molar-refractivity contribution in [1.29, 1.82) is 0 Å². The summed E-state index contributed by atoms with van der Waals surface area (Å²) in [7, 11) is 3.38. The predicted molar refractivity (Wildman–Crippen MR) is 97.0 cm³/mol. The summed E-state index contributed by atoms with van der Waals surface area (Å²) in [4.78, 5) is 25.6. The summed E-state index contributed by atoms with van der Waals surface area (Å²) < 4.78 is 5.50. The van der Waals surface area contributed by atoms with Crippen molar-refractivity contribution in [3.05, 3.63) is 29.8 Å². The molecule has 2 unspecified atom stereocenters. The van der Waals surface area contributed by atoms with Crippen LogP contribution in [0, 0.1) is 5.92 Å². The van der Waals surface area contributed by atoms with Crippen molar-refractivity contribution < 1.29 is 14.3 Å². The van der Waals surface area contributed by atoms with Gasteiger partial charge in [0.25, 0.3) is 5.91 Å². The monoisotopic (exact) mass is 347 g/mol. The Morgan fingerprint density at radius 1 is 1.36 bits per heavy atom. The highest BCUT2D eigenvalue weighted by atomic mass is 16.5. The molecule has 1 fully saturated rings. The molecule has 1 aromatic rings. The average molecular weight is 347 g/mol. The van der Waals surface area contributed by atoms with Crippen molar-refractivity contribution in [2.24, 2.45) is 11.7 Å². The molecule has 0 aromatic heterocycles. The van der Waals surface area contributed by atoms with Crippen molar-refractivity contribution in [1.82, 2.24) is 10.2 Å². The number of nitrogens with zero attached hydrogens (tertiary/aromatic N) is 1. The van der Waals surface area contributed by atoms with Gasteiger partial charge in [-0.3, -0.25) is 9.59 Å². The smallest absolute Gasteiger partial charge is 0.259 e. The molecular weight excluding hydrogens is 318 g/mol. The van der Waals surface area contributed by atoms with E-state index in [2.05, 4.69) is 5.32 Å². The lowest BCUT2D eigenvalue weighted by Crippen LogP contribution is -2.52. The van der Waals surface area contributed by atoms with Gasteiger partial charge in [-0.1, -0.05) is 25.0 Å². The van der Waals surface area contributed by atoms with Crippen molar-refractivity contribution in [2.75, 3.05) is 20.7 Å². The maximum atomic E-state index is 12.5. The Balaban J connectivity index is 1.89. The molecule has 1 aliphatic carbocycles. The van der Waals surface area contributed by atoms with Crippen LogP contribution in [0.5, 0.6) is 5.75 Å². The van der Waals surface area contributed by atoms with Gasteiger partial charge in [0.05, 0.1) is 5.92 Å². The topological polar surface area (TPSA) is 84.7 Å². The fourth-order valence-electron chi connectivity index (χ4n) is 3.12. The number of carbonyl (C=O) groups excluding carboxylic acids is 2. The van der Waals surface area contributed by atoms with Crippen molar-refractivity contribution >= 4 is 11.8 Å². The van der Waals surface area contributed by atoms with Gasteiger partial charge in [0.2, 0.25) is 5.91 Å². The highest BCUT2D eigenvalue weighted by Crippen LogP contribution is 2.31. The summed E-state index contributed by atoms with van der Waals surface area (Å²) in [5, 5.41) is 2.98. The van der Waals surface area contributed by atoms with Gasteiger partial charge < -0.3 is 20.7 Å². The van der Waals surface area contributed by atoms with Gasteiger partial charge in [-0.25, -0.2) is 0 Å². The van der Waals surface area contributed by atoms with Gasteiger partial charge in [-0.05, 0) is 37.5 Å². The fraction of sp³-hybridized carbons (Fsp3) is 0.579. The lowest BCUT2D eigenvalue weighted by Gasteiger charge is -2.37. The lowest BCUT2D eigenvalue weighted by atomic mass is 9.74. The number of rotatable bonds is 6. The molecule has 3 N–H and O–H groups in total. The second-order valence-corrected chi connectivity index (χ2v) is 7.25. The number of nitrogens with one attached hydrogen (secondary N) is 1. The maximum Gasteiger partial charge on any atom is 0.259 e. The molecule has 6 heteroatoms. The van der Waals surface area contributed by atoms with E-state index in [1.54, 1.807) is 20.2 Å². The van der Waals surface area contributed by atoms with Crippen LogP contribution < -0.4 is 15.8 Å². The minimum atomic E-state index is -0.431. The van der Waals surface area contributed by atoms with Gasteiger partial charge in [-0.15, -0.1) is 0 Å². The first-order chi connectivity index (χ1) is 11.8. The maximum absolute atomic E-state index is 12.5. The highest BCUT2D eigenvalue weighted by Gasteiger charge is 2.37. The molecule has 2 rings (SSSR count). The van der Waals surface area contributed by atoms with Crippen LogP contribution in [0.4, 0.5) is 0 Å². The molecule has 0 saturated heterocycles. The Kier molecular flexibility index (Phi) is 6.42. The van der Waals surface area contributed by atoms with E-state index in [1.807, 2.05) is 25.1 Å². The summed E-state index contributed by atoms with van der Waals surface area (Å²) >= 11 is 0. The number of nitrogens with two attached hydrogens (primary N) is 1. The third-order valence-corrected chi connectivity index (χ3v) is 4.80. The molecule has 0 spiro atoms. The molecule has 1 aliphatic rings. The number of ether oxygens (including phenoxy) is 1. The third kappa shape index (κ3) is 5.46. The zero-order valence-electron chi connectivity index (χ0n) is 15.4. The number of hydrogen-bond donors (Lipinski definition) is 2. The number of carbonyl (C=O) groups is 2. The van der Waals surface area contributed by atoms with Gasteiger partial charge in [0.15, 0.2) is 6.61 Å². The van der Waals surface area contributed by atoms with Gasteiger partial charge in [0, 0.05) is 26.2 Å². The lowest BCUT2D eigenvalue weighted by molar-refractivity contribution is -0.131. The molecule has 2 atom stereocenters. The molecule has 1 saturated carbocycles. The first kappa shape index (κ1) is 19.2. The largest absolute Gasteiger partial charge is 0.484 e. The number of benzene rings is 1. The Morgan fingerprint density at radius 3 is 2.80 bits per heavy atom. The van der Waals surface area contributed by atoms with E-state index in [1.165, 1.54) is 4.90 Å². The predicted octanol–water partition coefficient (Wildman–Crippen LogP) is 1.68. The van der Waals surface area contributed by atoms with Crippen molar-refractivity contribution in [3.63, 3.8) is 0 Å². The standard InChI is InChI=1S/C19H29N3O3/c1-19(20)10-5-4-9-16(19)18(24)21-12-14-7-6-8-15(11-14)25-13-17(23)22(2)3/h6-8,11,16H,4-5,9-10,12-13,20H2,1-3H3,(H,21,24). The van der Waals surface area contributed by atoms with Crippen LogP contribution in [-0.2, 0) is 16.1 Å². The van der Waals surface area contributed by atoms with Crippen LogP contribution in [0.15, 0.2) is 24.3 Å². The van der Waals surface area contributed by atoms with Crippen LogP contribution in [0.1, 0.15) is 38.2 Å². The zero-order chi connectivity index (χ0) is 18.4. The second-order valence-electron chi connectivity index (χ2n) is 7.25. The van der Waals surface area contributed by atoms with E-state index in [0.717, 1.165) is 31.2 Å². The van der Waals surface area contributed by atoms with E-state index < -0.39 is 5.54 Å². The minimum absolute atomic E-state index is 0.00356. The molecular formula is C19H29N3O3. The molecule has 1 aromatic carbocycles. The van der Waals surface area contributed by atoms with Gasteiger partial charge in [0.1, 0.15) is 5.75 Å². The summed E-state index contributed by atoms with van der Waals surface area (Å²) in [5.41, 5.74) is 6.79. The van der Waals surface area contributed by atoms with Crippen LogP contribution in [0.2, 0.25) is 0 Å². The highest BCUT2D eigenvalue weighted by molar-refractivity contribution is 5.80. The van der Waals surface area contributed by atoms with E-state index in [4.69, 9.17) is 10.5 Å². The SMILES string of the molecule is CN(C)C(=O)COc1cccc(CNC(=O)C2CCCCC2(C)N)c1. The Labute approximate surface area is 149 Å². The Hall–Kier alpha value is -2.08. The molecule has 0 aliphatic heterocycles. The van der Waals surface area contributed by atoms with Crippen molar-refractivity contribution in [2.45, 2.75) is 44.7 Å². The van der Waals surface area contributed by atoms with E-state index in [-0.39, 0.29) is 24.3 Å². The molecule has 0 heterocycles. The summed E-state index contributed by atoms with van der Waals surface area (Å²) in [5.74, 6) is 0.388. The number of likely N-dealkylation sites (N-methyl/N-ethyl adjacent to an activating group) is 1. The first-order valence-corrected chi connectivity index (χ1v) is 8.78. The minimum Gasteiger partial charge on any atom is -0.484 e. The third-order valence-electron chi connectivity index (χ3n) is 4.80. The second kappa shape index (κ2) is 8.34. The molecule has 25 heavy (non-hydrogen) atoms. The normalized spacial score (nSPS) is 23.0. The van der Waals surface area contributed by atoms with E-state index in [9.17, 15) is 9.59 Å². The van der Waals surface area contributed by atoms with Gasteiger partial charge >= 0.3 is 0 Å². The molecule has 6 nitrogen and oxygen atoms in total. The first-order valence-electron chi connectivity index (χ1n) is 8.78. The molecule has 0 bridgehead atoms. The van der Waals surface area contributed by atoms with Crippen LogP contribution in [0.25, 0.3) is 0 Å².